The number of para-hydroxylation sites is 1. The summed E-state index contributed by atoms with van der Waals surface area (Å²) in [5.41, 5.74) is 1.70. The van der Waals surface area contributed by atoms with Gasteiger partial charge in [0.15, 0.2) is 0 Å². The largest absolute Gasteiger partial charge is 0.324 e. The highest BCUT2D eigenvalue weighted by molar-refractivity contribution is 7.99. The van der Waals surface area contributed by atoms with E-state index >= 15 is 0 Å². The monoisotopic (exact) mass is 338 g/mol. The van der Waals surface area contributed by atoms with Gasteiger partial charge in [0.1, 0.15) is 6.04 Å². The van der Waals surface area contributed by atoms with E-state index in [1.54, 1.807) is 22.7 Å². The van der Waals surface area contributed by atoms with Gasteiger partial charge in [-0.1, -0.05) is 48.5 Å². The highest BCUT2D eigenvalue weighted by Gasteiger charge is 2.33. The average Bonchev–Trinajstić information content (AvgIpc) is 3.11. The van der Waals surface area contributed by atoms with Gasteiger partial charge in [-0.2, -0.15) is 0 Å². The van der Waals surface area contributed by atoms with Crippen LogP contribution < -0.4 is 5.32 Å². The summed E-state index contributed by atoms with van der Waals surface area (Å²) in [6, 6.07) is 18.5. The number of carbonyl (C=O) groups is 2. The summed E-state index contributed by atoms with van der Waals surface area (Å²) in [5.74, 6) is 0.860. The molecule has 4 nitrogen and oxygen atoms in total. The maximum absolute atomic E-state index is 12.5. The van der Waals surface area contributed by atoms with Crippen LogP contribution in [-0.4, -0.2) is 34.4 Å². The summed E-state index contributed by atoms with van der Waals surface area (Å²) in [6.45, 7) is 0. The maximum Gasteiger partial charge on any atom is 0.248 e. The lowest BCUT2D eigenvalue weighted by atomic mass is 10.2. The van der Waals surface area contributed by atoms with Gasteiger partial charge in [-0.05, 0) is 23.8 Å². The molecular formula is C19H18N2O2S. The molecule has 1 saturated heterocycles. The third kappa shape index (κ3) is 4.06. The van der Waals surface area contributed by atoms with E-state index in [0.29, 0.717) is 11.6 Å². The molecule has 0 radical (unpaired) electrons. The van der Waals surface area contributed by atoms with Gasteiger partial charge in [0.05, 0.1) is 5.88 Å². The van der Waals surface area contributed by atoms with E-state index in [0.717, 1.165) is 11.3 Å². The fraction of sp³-hybridized carbons (Fsp3) is 0.158. The number of carbonyl (C=O) groups excluding carboxylic acids is 2. The predicted molar refractivity (Wildman–Crippen MR) is 98.5 cm³/mol. The van der Waals surface area contributed by atoms with Crippen LogP contribution >= 0.6 is 11.8 Å². The first-order valence-corrected chi connectivity index (χ1v) is 8.87. The standard InChI is InChI=1S/C19H18N2O2S/c22-18(12-11-15-7-3-1-4-8-15)21-14-24-13-17(21)19(23)20-16-9-5-2-6-10-16/h1-12,17H,13-14H2,(H,20,23)/b12-11+. The minimum atomic E-state index is -0.442. The third-order valence-corrected chi connectivity index (χ3v) is 4.74. The molecule has 1 atom stereocenters. The molecule has 0 aromatic heterocycles. The van der Waals surface area contributed by atoms with E-state index in [4.69, 9.17) is 0 Å². The van der Waals surface area contributed by atoms with Crippen molar-refractivity contribution in [1.29, 1.82) is 0 Å². The van der Waals surface area contributed by atoms with Crippen LogP contribution in [-0.2, 0) is 9.59 Å². The molecule has 0 aliphatic carbocycles. The zero-order valence-corrected chi connectivity index (χ0v) is 13.9. The third-order valence-electron chi connectivity index (χ3n) is 3.73. The van der Waals surface area contributed by atoms with Crippen molar-refractivity contribution in [3.63, 3.8) is 0 Å². The summed E-state index contributed by atoms with van der Waals surface area (Å²) >= 11 is 1.59. The molecule has 2 aromatic rings. The van der Waals surface area contributed by atoms with Crippen LogP contribution in [0.2, 0.25) is 0 Å². The first kappa shape index (κ1) is 16.3. The van der Waals surface area contributed by atoms with Crippen molar-refractivity contribution in [2.24, 2.45) is 0 Å². The molecule has 1 heterocycles. The summed E-state index contributed by atoms with van der Waals surface area (Å²) in [7, 11) is 0. The van der Waals surface area contributed by atoms with Crippen LogP contribution in [0.15, 0.2) is 66.7 Å². The highest BCUT2D eigenvalue weighted by atomic mass is 32.2. The normalized spacial score (nSPS) is 17.2. The molecule has 3 rings (SSSR count). The Labute approximate surface area is 145 Å². The second kappa shape index (κ2) is 7.84. The van der Waals surface area contributed by atoms with Gasteiger partial charge in [-0.15, -0.1) is 11.8 Å². The van der Waals surface area contributed by atoms with Crippen LogP contribution in [0, 0.1) is 0 Å². The van der Waals surface area contributed by atoms with Crippen LogP contribution in [0.1, 0.15) is 5.56 Å². The van der Waals surface area contributed by atoms with Gasteiger partial charge >= 0.3 is 0 Å². The first-order chi connectivity index (χ1) is 11.7. The number of amides is 2. The van der Waals surface area contributed by atoms with Crippen LogP contribution in [0.3, 0.4) is 0 Å². The Kier molecular flexibility index (Phi) is 5.33. The Morgan fingerprint density at radius 3 is 2.42 bits per heavy atom. The molecule has 2 aromatic carbocycles. The number of nitrogens with zero attached hydrogens (tertiary/aromatic N) is 1. The van der Waals surface area contributed by atoms with E-state index in [9.17, 15) is 9.59 Å². The van der Waals surface area contributed by atoms with Crippen molar-refractivity contribution in [3.8, 4) is 0 Å². The van der Waals surface area contributed by atoms with Gasteiger partial charge in [0.25, 0.3) is 0 Å². The highest BCUT2D eigenvalue weighted by Crippen LogP contribution is 2.23. The SMILES string of the molecule is O=C(Nc1ccccc1)C1CSCN1C(=O)/C=C/c1ccccc1. The molecule has 24 heavy (non-hydrogen) atoms. The van der Waals surface area contributed by atoms with Gasteiger partial charge < -0.3 is 10.2 Å². The lowest BCUT2D eigenvalue weighted by Gasteiger charge is -2.21. The fourth-order valence-corrected chi connectivity index (χ4v) is 3.62. The van der Waals surface area contributed by atoms with Crippen molar-refractivity contribution in [3.05, 3.63) is 72.3 Å². The first-order valence-electron chi connectivity index (χ1n) is 7.71. The molecule has 5 heteroatoms. The Hall–Kier alpha value is -2.53. The number of hydrogen-bond acceptors (Lipinski definition) is 3. The summed E-state index contributed by atoms with van der Waals surface area (Å²) in [4.78, 5) is 26.5. The summed E-state index contributed by atoms with van der Waals surface area (Å²) in [6.07, 6.45) is 3.31. The maximum atomic E-state index is 12.5. The van der Waals surface area contributed by atoms with E-state index in [1.165, 1.54) is 6.08 Å². The summed E-state index contributed by atoms with van der Waals surface area (Å²) < 4.78 is 0. The predicted octanol–water partition coefficient (Wildman–Crippen LogP) is 3.24. The molecule has 1 fully saturated rings. The molecule has 1 N–H and O–H groups in total. The quantitative estimate of drug-likeness (QED) is 0.871. The van der Waals surface area contributed by atoms with E-state index in [2.05, 4.69) is 5.32 Å². The van der Waals surface area contributed by atoms with Crippen molar-refractivity contribution in [2.45, 2.75) is 6.04 Å². The number of rotatable bonds is 4. The molecule has 1 unspecified atom stereocenters. The van der Waals surface area contributed by atoms with Crippen molar-refractivity contribution >= 4 is 35.3 Å². The van der Waals surface area contributed by atoms with Crippen molar-refractivity contribution < 1.29 is 9.59 Å². The zero-order valence-electron chi connectivity index (χ0n) is 13.1. The number of anilines is 1. The molecule has 0 spiro atoms. The zero-order chi connectivity index (χ0) is 16.8. The minimum absolute atomic E-state index is 0.142. The number of thioether (sulfide) groups is 1. The van der Waals surface area contributed by atoms with Gasteiger partial charge in [-0.3, -0.25) is 9.59 Å². The average molecular weight is 338 g/mol. The number of benzene rings is 2. The number of hydrogen-bond donors (Lipinski definition) is 1. The van der Waals surface area contributed by atoms with Crippen LogP contribution in [0.25, 0.3) is 6.08 Å². The van der Waals surface area contributed by atoms with E-state index in [1.807, 2.05) is 60.7 Å². The van der Waals surface area contributed by atoms with Crippen LogP contribution in [0.4, 0.5) is 5.69 Å². The lowest BCUT2D eigenvalue weighted by Crippen LogP contribution is -2.43. The Bertz CT molecular complexity index is 732. The molecule has 0 bridgehead atoms. The van der Waals surface area contributed by atoms with Crippen LogP contribution in [0.5, 0.6) is 0 Å². The molecule has 122 valence electrons. The molecular weight excluding hydrogens is 320 g/mol. The second-order valence-electron chi connectivity index (χ2n) is 5.42. The fourth-order valence-electron chi connectivity index (χ4n) is 2.45. The topological polar surface area (TPSA) is 49.4 Å². The Morgan fingerprint density at radius 2 is 1.71 bits per heavy atom. The molecule has 0 saturated carbocycles. The van der Waals surface area contributed by atoms with E-state index < -0.39 is 6.04 Å². The van der Waals surface area contributed by atoms with Gasteiger partial charge in [0, 0.05) is 17.5 Å². The molecule has 1 aliphatic heterocycles. The van der Waals surface area contributed by atoms with Gasteiger partial charge in [0.2, 0.25) is 11.8 Å². The number of nitrogens with one attached hydrogen (secondary N) is 1. The Morgan fingerprint density at radius 1 is 1.04 bits per heavy atom. The van der Waals surface area contributed by atoms with E-state index in [-0.39, 0.29) is 11.8 Å². The molecule has 2 amide bonds. The Balaban J connectivity index is 1.65. The minimum Gasteiger partial charge on any atom is -0.324 e. The lowest BCUT2D eigenvalue weighted by molar-refractivity contribution is -0.132. The van der Waals surface area contributed by atoms with Crippen molar-refractivity contribution in [2.75, 3.05) is 16.9 Å². The van der Waals surface area contributed by atoms with Gasteiger partial charge in [-0.25, -0.2) is 0 Å². The smallest absolute Gasteiger partial charge is 0.248 e. The summed E-state index contributed by atoms with van der Waals surface area (Å²) in [5, 5.41) is 2.87. The second-order valence-corrected chi connectivity index (χ2v) is 6.42. The van der Waals surface area contributed by atoms with Crippen molar-refractivity contribution in [1.82, 2.24) is 4.90 Å². The molecule has 1 aliphatic rings.